The lowest BCUT2D eigenvalue weighted by Crippen LogP contribution is -1.96. The molecule has 0 aliphatic carbocycles. The second-order valence-corrected chi connectivity index (χ2v) is 3.29. The second kappa shape index (κ2) is 2.92. The third kappa shape index (κ3) is 1.25. The first-order valence-electron chi connectivity index (χ1n) is 4.12. The highest BCUT2D eigenvalue weighted by Gasteiger charge is 2.05. The predicted molar refractivity (Wildman–Crippen MR) is 53.1 cm³/mol. The minimum atomic E-state index is 0.503. The molecule has 2 aromatic rings. The van der Waals surface area contributed by atoms with Crippen LogP contribution in [0.25, 0.3) is 11.2 Å². The smallest absolute Gasteiger partial charge is 0.199 e. The molecular formula is C8H10N4S. The number of aromatic nitrogens is 4. The van der Waals surface area contributed by atoms with Gasteiger partial charge in [0.25, 0.3) is 0 Å². The highest BCUT2D eigenvalue weighted by molar-refractivity contribution is 7.71. The number of imidazole rings is 1. The summed E-state index contributed by atoms with van der Waals surface area (Å²) in [7, 11) is 1.95. The Morgan fingerprint density at radius 2 is 2.38 bits per heavy atom. The van der Waals surface area contributed by atoms with Crippen LogP contribution in [-0.4, -0.2) is 19.5 Å². The molecule has 0 fully saturated rings. The molecule has 0 aliphatic rings. The van der Waals surface area contributed by atoms with Crippen molar-refractivity contribution < 1.29 is 0 Å². The fourth-order valence-electron chi connectivity index (χ4n) is 1.42. The molecule has 0 amide bonds. The van der Waals surface area contributed by atoms with Gasteiger partial charge in [0.15, 0.2) is 10.4 Å². The molecule has 0 unspecified atom stereocenters. The number of aryl methyl sites for hydroxylation is 2. The van der Waals surface area contributed by atoms with E-state index in [-0.39, 0.29) is 0 Å². The number of rotatable bonds is 1. The van der Waals surface area contributed by atoms with Gasteiger partial charge in [-0.25, -0.2) is 4.98 Å². The standard InChI is InChI=1S/C8H10N4S/c1-3-5-6-7(9-4-12(6)2)11-8(13)10-5/h4H,3H2,1-2H3,(H,10,11,13). The molecule has 0 saturated heterocycles. The van der Waals surface area contributed by atoms with Gasteiger partial charge in [0, 0.05) is 12.7 Å². The molecule has 5 heteroatoms. The van der Waals surface area contributed by atoms with Crippen LogP contribution in [0.4, 0.5) is 0 Å². The zero-order valence-corrected chi connectivity index (χ0v) is 8.35. The first-order chi connectivity index (χ1) is 6.22. The minimum Gasteiger partial charge on any atom is -0.332 e. The lowest BCUT2D eigenvalue weighted by molar-refractivity contribution is 0.919. The van der Waals surface area contributed by atoms with E-state index in [1.807, 2.05) is 11.6 Å². The second-order valence-electron chi connectivity index (χ2n) is 2.90. The molecule has 2 aromatic heterocycles. The van der Waals surface area contributed by atoms with E-state index in [0.717, 1.165) is 23.3 Å². The van der Waals surface area contributed by atoms with Gasteiger partial charge >= 0.3 is 0 Å². The van der Waals surface area contributed by atoms with Gasteiger partial charge in [0.1, 0.15) is 5.52 Å². The summed E-state index contributed by atoms with van der Waals surface area (Å²) in [5.74, 6) is 0. The Labute approximate surface area is 80.6 Å². The number of nitrogens with zero attached hydrogens (tertiary/aromatic N) is 3. The maximum absolute atomic E-state index is 4.99. The van der Waals surface area contributed by atoms with Crippen molar-refractivity contribution in [1.29, 1.82) is 0 Å². The van der Waals surface area contributed by atoms with E-state index in [1.165, 1.54) is 0 Å². The molecule has 0 spiro atoms. The van der Waals surface area contributed by atoms with Gasteiger partial charge in [-0.15, -0.1) is 0 Å². The molecule has 68 valence electrons. The minimum absolute atomic E-state index is 0.503. The zero-order chi connectivity index (χ0) is 9.42. The molecule has 0 saturated carbocycles. The van der Waals surface area contributed by atoms with Crippen LogP contribution in [0.15, 0.2) is 6.33 Å². The third-order valence-electron chi connectivity index (χ3n) is 2.02. The highest BCUT2D eigenvalue weighted by atomic mass is 32.1. The number of nitrogens with one attached hydrogen (secondary N) is 1. The van der Waals surface area contributed by atoms with Crippen LogP contribution in [0.1, 0.15) is 12.6 Å². The Hall–Kier alpha value is -1.23. The molecule has 2 heterocycles. The topological polar surface area (TPSA) is 46.5 Å². The van der Waals surface area contributed by atoms with Gasteiger partial charge in [-0.1, -0.05) is 6.92 Å². The molecule has 0 aliphatic heterocycles. The van der Waals surface area contributed by atoms with Crippen LogP contribution < -0.4 is 0 Å². The predicted octanol–water partition coefficient (Wildman–Crippen LogP) is 1.59. The van der Waals surface area contributed by atoms with Crippen molar-refractivity contribution in [3.8, 4) is 0 Å². The number of hydrogen-bond acceptors (Lipinski definition) is 3. The fourth-order valence-corrected chi connectivity index (χ4v) is 1.63. The normalized spacial score (nSPS) is 10.9. The van der Waals surface area contributed by atoms with Crippen LogP contribution in [0, 0.1) is 4.77 Å². The summed E-state index contributed by atoms with van der Waals surface area (Å²) >= 11 is 4.99. The Kier molecular flexibility index (Phi) is 1.88. The largest absolute Gasteiger partial charge is 0.332 e. The van der Waals surface area contributed by atoms with Crippen molar-refractivity contribution in [3.63, 3.8) is 0 Å². The molecule has 0 radical (unpaired) electrons. The average molecular weight is 194 g/mol. The molecule has 0 atom stereocenters. The van der Waals surface area contributed by atoms with E-state index in [4.69, 9.17) is 12.2 Å². The Morgan fingerprint density at radius 3 is 3.08 bits per heavy atom. The van der Waals surface area contributed by atoms with Crippen LogP contribution in [-0.2, 0) is 13.5 Å². The van der Waals surface area contributed by atoms with E-state index in [9.17, 15) is 0 Å². The Bertz CT molecular complexity index is 496. The molecule has 4 nitrogen and oxygen atoms in total. The molecule has 2 rings (SSSR count). The summed E-state index contributed by atoms with van der Waals surface area (Å²) in [5, 5.41) is 0. The van der Waals surface area contributed by atoms with Crippen molar-refractivity contribution in [2.75, 3.05) is 0 Å². The maximum atomic E-state index is 4.99. The van der Waals surface area contributed by atoms with Crippen LogP contribution >= 0.6 is 12.2 Å². The number of hydrogen-bond donors (Lipinski definition) is 1. The third-order valence-corrected chi connectivity index (χ3v) is 2.22. The fraction of sp³-hybridized carbons (Fsp3) is 0.375. The first-order valence-corrected chi connectivity index (χ1v) is 4.53. The SMILES string of the molecule is CCc1[nH]c(=S)nc2ncn(C)c12. The van der Waals surface area contributed by atoms with Gasteiger partial charge < -0.3 is 9.55 Å². The van der Waals surface area contributed by atoms with Gasteiger partial charge in [-0.2, -0.15) is 4.98 Å². The Balaban J connectivity index is 2.93. The number of fused-ring (bicyclic) bond motifs is 1. The van der Waals surface area contributed by atoms with Crippen LogP contribution in [0.3, 0.4) is 0 Å². The summed E-state index contributed by atoms with van der Waals surface area (Å²) in [4.78, 5) is 11.4. The molecule has 1 N–H and O–H groups in total. The zero-order valence-electron chi connectivity index (χ0n) is 7.53. The van der Waals surface area contributed by atoms with Crippen molar-refractivity contribution >= 4 is 23.4 Å². The van der Waals surface area contributed by atoms with Crippen molar-refractivity contribution in [2.45, 2.75) is 13.3 Å². The average Bonchev–Trinajstić information content (AvgIpc) is 2.46. The van der Waals surface area contributed by atoms with Gasteiger partial charge in [-0.05, 0) is 18.6 Å². The van der Waals surface area contributed by atoms with Crippen LogP contribution in [0.5, 0.6) is 0 Å². The van der Waals surface area contributed by atoms with E-state index in [1.54, 1.807) is 6.33 Å². The quantitative estimate of drug-likeness (QED) is 0.701. The van der Waals surface area contributed by atoms with E-state index >= 15 is 0 Å². The van der Waals surface area contributed by atoms with Crippen molar-refractivity contribution in [2.24, 2.45) is 7.05 Å². The number of aromatic amines is 1. The van der Waals surface area contributed by atoms with Gasteiger partial charge in [0.2, 0.25) is 0 Å². The summed E-state index contributed by atoms with van der Waals surface area (Å²) in [6.07, 6.45) is 2.65. The van der Waals surface area contributed by atoms with Gasteiger partial charge in [0.05, 0.1) is 6.33 Å². The lowest BCUT2D eigenvalue weighted by atomic mass is 10.3. The summed E-state index contributed by atoms with van der Waals surface area (Å²) < 4.78 is 2.45. The first kappa shape index (κ1) is 8.37. The molecular weight excluding hydrogens is 184 g/mol. The Morgan fingerprint density at radius 1 is 1.62 bits per heavy atom. The van der Waals surface area contributed by atoms with E-state index in [0.29, 0.717) is 4.77 Å². The highest BCUT2D eigenvalue weighted by Crippen LogP contribution is 2.12. The maximum Gasteiger partial charge on any atom is 0.199 e. The van der Waals surface area contributed by atoms with Crippen molar-refractivity contribution in [1.82, 2.24) is 19.5 Å². The molecule has 13 heavy (non-hydrogen) atoms. The van der Waals surface area contributed by atoms with Gasteiger partial charge in [-0.3, -0.25) is 0 Å². The summed E-state index contributed by atoms with van der Waals surface area (Å²) in [6.45, 7) is 2.08. The molecule has 0 bridgehead atoms. The lowest BCUT2D eigenvalue weighted by Gasteiger charge is -2.00. The summed E-state index contributed by atoms with van der Waals surface area (Å²) in [5.41, 5.74) is 2.86. The van der Waals surface area contributed by atoms with Crippen LogP contribution in [0.2, 0.25) is 0 Å². The monoisotopic (exact) mass is 194 g/mol. The number of H-pyrrole nitrogens is 1. The molecule has 0 aromatic carbocycles. The summed E-state index contributed by atoms with van der Waals surface area (Å²) in [6, 6.07) is 0. The van der Waals surface area contributed by atoms with E-state index in [2.05, 4.69) is 21.9 Å². The van der Waals surface area contributed by atoms with E-state index < -0.39 is 0 Å². The van der Waals surface area contributed by atoms with Crippen molar-refractivity contribution in [3.05, 3.63) is 16.8 Å².